The number of rotatable bonds is 1. The summed E-state index contributed by atoms with van der Waals surface area (Å²) in [5.74, 6) is 1.22. The summed E-state index contributed by atoms with van der Waals surface area (Å²) in [6, 6.07) is 0. The molecule has 1 nitrogen and oxygen atoms in total. The van der Waals surface area contributed by atoms with Gasteiger partial charge in [0.1, 0.15) is 0 Å². The minimum Gasteiger partial charge on any atom is -0.389 e. The van der Waals surface area contributed by atoms with Crippen LogP contribution in [0, 0.1) is 11.8 Å². The molecule has 0 bridgehead atoms. The van der Waals surface area contributed by atoms with E-state index >= 15 is 0 Å². The lowest BCUT2D eigenvalue weighted by molar-refractivity contribution is 0.212. The number of hydrogen-bond acceptors (Lipinski definition) is 1. The minimum atomic E-state index is -0.292. The Bertz CT molecular complexity index is 360. The van der Waals surface area contributed by atoms with Crippen molar-refractivity contribution >= 4 is 0 Å². The van der Waals surface area contributed by atoms with Crippen molar-refractivity contribution in [2.75, 3.05) is 0 Å². The molecule has 0 amide bonds. The highest BCUT2D eigenvalue weighted by atomic mass is 16.3. The van der Waals surface area contributed by atoms with Gasteiger partial charge in [0.25, 0.3) is 0 Å². The van der Waals surface area contributed by atoms with Crippen molar-refractivity contribution in [2.45, 2.75) is 72.3 Å². The highest BCUT2D eigenvalue weighted by molar-refractivity contribution is 5.06. The van der Waals surface area contributed by atoms with Gasteiger partial charge in [0.05, 0.1) is 6.10 Å². The predicted molar refractivity (Wildman–Crippen MR) is 88.7 cm³/mol. The Labute approximate surface area is 125 Å². The van der Waals surface area contributed by atoms with Gasteiger partial charge in [-0.15, -0.1) is 0 Å². The Morgan fingerprint density at radius 3 is 2.30 bits per heavy atom. The van der Waals surface area contributed by atoms with Gasteiger partial charge < -0.3 is 5.11 Å². The topological polar surface area (TPSA) is 20.2 Å². The van der Waals surface area contributed by atoms with Crippen LogP contribution in [0.1, 0.15) is 66.2 Å². The molecule has 0 aromatic heterocycles. The summed E-state index contributed by atoms with van der Waals surface area (Å²) in [5, 5.41) is 10.0. The zero-order valence-electron chi connectivity index (χ0n) is 13.7. The van der Waals surface area contributed by atoms with E-state index in [0.717, 1.165) is 25.7 Å². The molecule has 0 saturated heterocycles. The molecule has 1 heteroatoms. The first kappa shape index (κ1) is 17.2. The maximum atomic E-state index is 10.0. The SMILES string of the molecule is C/C1=C\CC[C@H](O)/C=C/[C@H](C(C)C)CC/C(C)=C/CC1. The van der Waals surface area contributed by atoms with E-state index in [1.54, 1.807) is 0 Å². The Morgan fingerprint density at radius 1 is 0.950 bits per heavy atom. The second-order valence-electron chi connectivity index (χ2n) is 6.62. The van der Waals surface area contributed by atoms with Crippen LogP contribution in [0.5, 0.6) is 0 Å². The molecule has 0 heterocycles. The van der Waals surface area contributed by atoms with Gasteiger partial charge in [0.15, 0.2) is 0 Å². The van der Waals surface area contributed by atoms with Gasteiger partial charge in [-0.1, -0.05) is 49.3 Å². The van der Waals surface area contributed by atoms with Gasteiger partial charge in [-0.3, -0.25) is 0 Å². The Hall–Kier alpha value is -0.820. The van der Waals surface area contributed by atoms with E-state index in [0.29, 0.717) is 11.8 Å². The zero-order chi connectivity index (χ0) is 15.0. The predicted octanol–water partition coefficient (Wildman–Crippen LogP) is 5.42. The van der Waals surface area contributed by atoms with E-state index in [2.05, 4.69) is 45.9 Å². The normalized spacial score (nSPS) is 33.7. The molecule has 1 aliphatic carbocycles. The molecule has 114 valence electrons. The first-order valence-electron chi connectivity index (χ1n) is 8.16. The van der Waals surface area contributed by atoms with Crippen molar-refractivity contribution in [1.29, 1.82) is 0 Å². The summed E-state index contributed by atoms with van der Waals surface area (Å²) in [7, 11) is 0. The largest absolute Gasteiger partial charge is 0.389 e. The highest BCUT2D eigenvalue weighted by Gasteiger charge is 2.11. The van der Waals surface area contributed by atoms with Crippen LogP contribution in [-0.2, 0) is 0 Å². The molecule has 0 aromatic rings. The molecule has 0 unspecified atom stereocenters. The molecular weight excluding hydrogens is 244 g/mol. The van der Waals surface area contributed by atoms with E-state index in [1.165, 1.54) is 24.0 Å². The second-order valence-corrected chi connectivity index (χ2v) is 6.62. The van der Waals surface area contributed by atoms with Crippen LogP contribution in [0.3, 0.4) is 0 Å². The molecule has 0 aliphatic heterocycles. The van der Waals surface area contributed by atoms with E-state index in [9.17, 15) is 5.11 Å². The summed E-state index contributed by atoms with van der Waals surface area (Å²) in [5.41, 5.74) is 2.96. The van der Waals surface area contributed by atoms with Crippen molar-refractivity contribution in [1.82, 2.24) is 0 Å². The standard InChI is InChI=1S/C19H32O/c1-15(2)18-12-11-17(4)8-5-7-16(3)9-6-10-19(20)14-13-18/h8-9,13-15,18-20H,5-7,10-12H2,1-4H3/b14-13+,16-9+,17-8+/t18-,19+/m1/s1. The lowest BCUT2D eigenvalue weighted by Crippen LogP contribution is -2.08. The van der Waals surface area contributed by atoms with Crippen LogP contribution in [0.25, 0.3) is 0 Å². The van der Waals surface area contributed by atoms with Crippen LogP contribution >= 0.6 is 0 Å². The third-order valence-electron chi connectivity index (χ3n) is 4.30. The number of allylic oxidation sites excluding steroid dienone is 5. The highest BCUT2D eigenvalue weighted by Crippen LogP contribution is 2.23. The molecule has 0 spiro atoms. The van der Waals surface area contributed by atoms with E-state index in [-0.39, 0.29) is 6.10 Å². The quantitative estimate of drug-likeness (QED) is 0.634. The first-order valence-corrected chi connectivity index (χ1v) is 8.16. The average molecular weight is 276 g/mol. The molecule has 0 fully saturated rings. The fraction of sp³-hybridized carbons (Fsp3) is 0.684. The third-order valence-corrected chi connectivity index (χ3v) is 4.30. The molecule has 2 atom stereocenters. The molecule has 1 rings (SSSR count). The Morgan fingerprint density at radius 2 is 1.60 bits per heavy atom. The van der Waals surface area contributed by atoms with Gasteiger partial charge in [-0.05, 0) is 64.2 Å². The second kappa shape index (κ2) is 9.18. The van der Waals surface area contributed by atoms with Crippen molar-refractivity contribution in [3.8, 4) is 0 Å². The van der Waals surface area contributed by atoms with Crippen LogP contribution in [0.15, 0.2) is 35.5 Å². The van der Waals surface area contributed by atoms with Crippen molar-refractivity contribution in [3.63, 3.8) is 0 Å². The van der Waals surface area contributed by atoms with Gasteiger partial charge >= 0.3 is 0 Å². The monoisotopic (exact) mass is 276 g/mol. The minimum absolute atomic E-state index is 0.292. The number of aliphatic hydroxyl groups excluding tert-OH is 1. The van der Waals surface area contributed by atoms with Crippen molar-refractivity contribution < 1.29 is 5.11 Å². The molecule has 1 N–H and O–H groups in total. The zero-order valence-corrected chi connectivity index (χ0v) is 13.7. The fourth-order valence-electron chi connectivity index (χ4n) is 2.66. The van der Waals surface area contributed by atoms with E-state index < -0.39 is 0 Å². The van der Waals surface area contributed by atoms with E-state index in [1.807, 2.05) is 6.08 Å². The molecule has 1 aliphatic rings. The average Bonchev–Trinajstić information content (AvgIpc) is 2.37. The van der Waals surface area contributed by atoms with E-state index in [4.69, 9.17) is 0 Å². The third kappa shape index (κ3) is 7.09. The summed E-state index contributed by atoms with van der Waals surface area (Å²) >= 11 is 0. The van der Waals surface area contributed by atoms with Crippen LogP contribution in [0.4, 0.5) is 0 Å². The number of aliphatic hydroxyl groups is 1. The Balaban J connectivity index is 2.75. The van der Waals surface area contributed by atoms with Gasteiger partial charge in [-0.2, -0.15) is 0 Å². The lowest BCUT2D eigenvalue weighted by Gasteiger charge is -2.18. The smallest absolute Gasteiger partial charge is 0.0724 e. The maximum Gasteiger partial charge on any atom is 0.0724 e. The molecule has 20 heavy (non-hydrogen) atoms. The van der Waals surface area contributed by atoms with Crippen LogP contribution < -0.4 is 0 Å². The maximum absolute atomic E-state index is 10.0. The molecule has 0 radical (unpaired) electrons. The summed E-state index contributed by atoms with van der Waals surface area (Å²) < 4.78 is 0. The van der Waals surface area contributed by atoms with Gasteiger partial charge in [0, 0.05) is 0 Å². The lowest BCUT2D eigenvalue weighted by atomic mass is 9.88. The molecule has 0 saturated carbocycles. The fourth-order valence-corrected chi connectivity index (χ4v) is 2.66. The van der Waals surface area contributed by atoms with Crippen LogP contribution in [0.2, 0.25) is 0 Å². The van der Waals surface area contributed by atoms with Gasteiger partial charge in [0.2, 0.25) is 0 Å². The van der Waals surface area contributed by atoms with Gasteiger partial charge in [-0.25, -0.2) is 0 Å². The summed E-state index contributed by atoms with van der Waals surface area (Å²) in [6.45, 7) is 9.00. The molecular formula is C19H32O. The van der Waals surface area contributed by atoms with Crippen LogP contribution in [-0.4, -0.2) is 11.2 Å². The number of hydrogen-bond donors (Lipinski definition) is 1. The first-order chi connectivity index (χ1) is 9.49. The molecule has 0 aromatic carbocycles. The van der Waals surface area contributed by atoms with Crippen molar-refractivity contribution in [2.24, 2.45) is 11.8 Å². The summed E-state index contributed by atoms with van der Waals surface area (Å²) in [4.78, 5) is 0. The Kier molecular flexibility index (Phi) is 7.91. The summed E-state index contributed by atoms with van der Waals surface area (Å²) in [6.07, 6.45) is 15.1. The van der Waals surface area contributed by atoms with Crippen molar-refractivity contribution in [3.05, 3.63) is 35.5 Å².